The number of aryl methyl sites for hydroxylation is 1. The van der Waals surface area contributed by atoms with E-state index in [1.54, 1.807) is 0 Å². The highest BCUT2D eigenvalue weighted by molar-refractivity contribution is 7.99. The Morgan fingerprint density at radius 1 is 1.75 bits per heavy atom. The number of aromatic nitrogens is 3. The summed E-state index contributed by atoms with van der Waals surface area (Å²) in [6.45, 7) is 5.60. The first-order valence-corrected chi connectivity index (χ1v) is 4.96. The molecule has 0 aromatic carbocycles. The standard InChI is InChI=1S/C7H10ClN3S/c1-3-6-9-7(11-10-6)12-4-5(2)8/h2-4H2,1H3,(H,9,10,11). The average molecular weight is 204 g/mol. The van der Waals surface area contributed by atoms with E-state index in [1.165, 1.54) is 11.8 Å². The highest BCUT2D eigenvalue weighted by atomic mass is 35.5. The van der Waals surface area contributed by atoms with E-state index in [0.717, 1.165) is 17.4 Å². The van der Waals surface area contributed by atoms with Crippen LogP contribution in [0.4, 0.5) is 0 Å². The van der Waals surface area contributed by atoms with Gasteiger partial charge in [-0.15, -0.1) is 5.10 Å². The second-order valence-electron chi connectivity index (χ2n) is 2.22. The lowest BCUT2D eigenvalue weighted by Crippen LogP contribution is -1.81. The van der Waals surface area contributed by atoms with E-state index in [1.807, 2.05) is 6.92 Å². The van der Waals surface area contributed by atoms with Crippen molar-refractivity contribution in [1.29, 1.82) is 0 Å². The molecule has 0 amide bonds. The maximum atomic E-state index is 5.59. The quantitative estimate of drug-likeness (QED) is 0.763. The van der Waals surface area contributed by atoms with Gasteiger partial charge in [-0.2, -0.15) is 0 Å². The van der Waals surface area contributed by atoms with Gasteiger partial charge in [0.05, 0.1) is 0 Å². The summed E-state index contributed by atoms with van der Waals surface area (Å²) in [5.74, 6) is 1.56. The maximum absolute atomic E-state index is 5.59. The minimum Gasteiger partial charge on any atom is -0.262 e. The van der Waals surface area contributed by atoms with Crippen molar-refractivity contribution in [2.24, 2.45) is 0 Å². The molecular formula is C7H10ClN3S. The van der Waals surface area contributed by atoms with E-state index in [-0.39, 0.29) is 0 Å². The topological polar surface area (TPSA) is 41.6 Å². The second kappa shape index (κ2) is 4.52. The highest BCUT2D eigenvalue weighted by Gasteiger charge is 2.01. The fraction of sp³-hybridized carbons (Fsp3) is 0.429. The van der Waals surface area contributed by atoms with Gasteiger partial charge in [0.2, 0.25) is 5.16 Å². The third-order valence-corrected chi connectivity index (χ3v) is 2.43. The normalized spacial score (nSPS) is 10.2. The summed E-state index contributed by atoms with van der Waals surface area (Å²) in [6, 6.07) is 0. The largest absolute Gasteiger partial charge is 0.262 e. The van der Waals surface area contributed by atoms with Gasteiger partial charge >= 0.3 is 0 Å². The van der Waals surface area contributed by atoms with Crippen molar-refractivity contribution in [3.05, 3.63) is 17.4 Å². The van der Waals surface area contributed by atoms with E-state index in [2.05, 4.69) is 21.8 Å². The lowest BCUT2D eigenvalue weighted by molar-refractivity contribution is 0.941. The predicted octanol–water partition coefficient (Wildman–Crippen LogP) is 2.21. The molecule has 0 saturated carbocycles. The van der Waals surface area contributed by atoms with Crippen LogP contribution in [0.5, 0.6) is 0 Å². The van der Waals surface area contributed by atoms with Crippen molar-refractivity contribution in [2.75, 3.05) is 5.75 Å². The van der Waals surface area contributed by atoms with Gasteiger partial charge in [-0.25, -0.2) is 4.98 Å². The van der Waals surface area contributed by atoms with E-state index in [9.17, 15) is 0 Å². The maximum Gasteiger partial charge on any atom is 0.208 e. The summed E-state index contributed by atoms with van der Waals surface area (Å²) in [5, 5.41) is 8.15. The van der Waals surface area contributed by atoms with Crippen molar-refractivity contribution in [3.63, 3.8) is 0 Å². The third-order valence-electron chi connectivity index (χ3n) is 1.20. The number of hydrogen-bond acceptors (Lipinski definition) is 3. The molecule has 0 unspecified atom stereocenters. The van der Waals surface area contributed by atoms with Gasteiger partial charge in [0.15, 0.2) is 0 Å². The Morgan fingerprint density at radius 3 is 3.00 bits per heavy atom. The number of hydrogen-bond donors (Lipinski definition) is 1. The molecular weight excluding hydrogens is 194 g/mol. The summed E-state index contributed by atoms with van der Waals surface area (Å²) in [7, 11) is 0. The third kappa shape index (κ3) is 2.87. The molecule has 0 saturated heterocycles. The van der Waals surface area contributed by atoms with E-state index >= 15 is 0 Å². The molecule has 1 aromatic heterocycles. The van der Waals surface area contributed by atoms with Crippen molar-refractivity contribution in [3.8, 4) is 0 Å². The molecule has 0 atom stereocenters. The molecule has 1 N–H and O–H groups in total. The fourth-order valence-electron chi connectivity index (χ4n) is 0.643. The molecule has 5 heteroatoms. The van der Waals surface area contributed by atoms with Crippen LogP contribution in [-0.4, -0.2) is 20.9 Å². The van der Waals surface area contributed by atoms with Crippen LogP contribution in [0.1, 0.15) is 12.7 Å². The monoisotopic (exact) mass is 203 g/mol. The zero-order chi connectivity index (χ0) is 8.97. The van der Waals surface area contributed by atoms with E-state index < -0.39 is 0 Å². The molecule has 0 radical (unpaired) electrons. The summed E-state index contributed by atoms with van der Waals surface area (Å²) in [6.07, 6.45) is 0.870. The molecule has 12 heavy (non-hydrogen) atoms. The van der Waals surface area contributed by atoms with Crippen molar-refractivity contribution in [2.45, 2.75) is 18.5 Å². The zero-order valence-corrected chi connectivity index (χ0v) is 8.37. The van der Waals surface area contributed by atoms with Gasteiger partial charge in [-0.05, 0) is 0 Å². The Balaban J connectivity index is 2.47. The Labute approximate surface area is 80.6 Å². The van der Waals surface area contributed by atoms with Crippen LogP contribution < -0.4 is 0 Å². The highest BCUT2D eigenvalue weighted by Crippen LogP contribution is 2.16. The minimum absolute atomic E-state index is 0.614. The Kier molecular flexibility index (Phi) is 3.62. The lowest BCUT2D eigenvalue weighted by Gasteiger charge is -1.90. The summed E-state index contributed by atoms with van der Waals surface area (Å²) < 4.78 is 0. The van der Waals surface area contributed by atoms with Crippen LogP contribution in [0.25, 0.3) is 0 Å². The average Bonchev–Trinajstić information content (AvgIpc) is 2.48. The minimum atomic E-state index is 0.614. The molecule has 0 aliphatic heterocycles. The summed E-state index contributed by atoms with van der Waals surface area (Å²) in [5.41, 5.74) is 0. The van der Waals surface area contributed by atoms with Crippen LogP contribution in [0.3, 0.4) is 0 Å². The van der Waals surface area contributed by atoms with Crippen molar-refractivity contribution >= 4 is 23.4 Å². The molecule has 1 rings (SSSR count). The van der Waals surface area contributed by atoms with Gasteiger partial charge in [0.1, 0.15) is 5.82 Å². The second-order valence-corrected chi connectivity index (χ2v) is 3.70. The summed E-state index contributed by atoms with van der Waals surface area (Å²) >= 11 is 7.07. The van der Waals surface area contributed by atoms with Gasteiger partial charge in [-0.1, -0.05) is 36.9 Å². The molecule has 1 aromatic rings. The number of thioether (sulfide) groups is 1. The molecule has 3 nitrogen and oxygen atoms in total. The first kappa shape index (κ1) is 9.61. The number of nitrogens with one attached hydrogen (secondary N) is 1. The first-order chi connectivity index (χ1) is 5.72. The Bertz CT molecular complexity index is 271. The van der Waals surface area contributed by atoms with E-state index in [0.29, 0.717) is 10.8 Å². The fourth-order valence-corrected chi connectivity index (χ4v) is 1.38. The molecule has 0 aliphatic carbocycles. The Morgan fingerprint density at radius 2 is 2.50 bits per heavy atom. The molecule has 66 valence electrons. The Hall–Kier alpha value is -0.480. The molecule has 0 fully saturated rings. The molecule has 1 heterocycles. The first-order valence-electron chi connectivity index (χ1n) is 3.59. The van der Waals surface area contributed by atoms with Gasteiger partial charge in [0, 0.05) is 17.2 Å². The zero-order valence-electron chi connectivity index (χ0n) is 6.80. The smallest absolute Gasteiger partial charge is 0.208 e. The van der Waals surface area contributed by atoms with Gasteiger partial charge < -0.3 is 0 Å². The summed E-state index contributed by atoms with van der Waals surface area (Å²) in [4.78, 5) is 4.20. The van der Waals surface area contributed by atoms with Crippen LogP contribution in [0.15, 0.2) is 16.8 Å². The van der Waals surface area contributed by atoms with Crippen LogP contribution in [0, 0.1) is 0 Å². The van der Waals surface area contributed by atoms with Gasteiger partial charge in [-0.3, -0.25) is 5.10 Å². The van der Waals surface area contributed by atoms with Crippen molar-refractivity contribution in [1.82, 2.24) is 15.2 Å². The number of halogens is 1. The number of nitrogens with zero attached hydrogens (tertiary/aromatic N) is 2. The van der Waals surface area contributed by atoms with Crippen LogP contribution in [0.2, 0.25) is 0 Å². The number of aromatic amines is 1. The molecule has 0 aliphatic rings. The molecule has 0 spiro atoms. The SMILES string of the molecule is C=C(Cl)CSc1n[nH]c(CC)n1. The molecule has 0 bridgehead atoms. The van der Waals surface area contributed by atoms with Gasteiger partial charge in [0.25, 0.3) is 0 Å². The van der Waals surface area contributed by atoms with Crippen LogP contribution in [-0.2, 0) is 6.42 Å². The predicted molar refractivity (Wildman–Crippen MR) is 51.5 cm³/mol. The van der Waals surface area contributed by atoms with Crippen LogP contribution >= 0.6 is 23.4 Å². The van der Waals surface area contributed by atoms with Crippen molar-refractivity contribution < 1.29 is 0 Å². The lowest BCUT2D eigenvalue weighted by atomic mass is 10.5. The number of rotatable bonds is 4. The van der Waals surface area contributed by atoms with E-state index in [4.69, 9.17) is 11.6 Å². The number of H-pyrrole nitrogens is 1.